The first-order valence-electron chi connectivity index (χ1n) is 4.85. The smallest absolute Gasteiger partial charge is 0.166 e. The van der Waals surface area contributed by atoms with Crippen LogP contribution in [0.2, 0.25) is 0 Å². The summed E-state index contributed by atoms with van der Waals surface area (Å²) in [4.78, 5) is 11.5. The molecule has 0 spiro atoms. The zero-order valence-electron chi connectivity index (χ0n) is 8.18. The van der Waals surface area contributed by atoms with Crippen molar-refractivity contribution in [3.63, 3.8) is 0 Å². The molecule has 2 rings (SSSR count). The van der Waals surface area contributed by atoms with Gasteiger partial charge in [-0.2, -0.15) is 5.10 Å². The van der Waals surface area contributed by atoms with Crippen molar-refractivity contribution in [1.82, 2.24) is 9.78 Å². The summed E-state index contributed by atoms with van der Waals surface area (Å²) >= 11 is 0. The van der Waals surface area contributed by atoms with Crippen molar-refractivity contribution in [2.24, 2.45) is 13.0 Å². The van der Waals surface area contributed by atoms with Crippen molar-refractivity contribution in [2.75, 3.05) is 0 Å². The lowest BCUT2D eigenvalue weighted by Crippen LogP contribution is -2.24. The molecule has 0 saturated heterocycles. The molecule has 1 saturated carbocycles. The van der Waals surface area contributed by atoms with E-state index in [-0.39, 0.29) is 11.7 Å². The molecule has 4 heteroatoms. The van der Waals surface area contributed by atoms with Crippen LogP contribution in [0.5, 0.6) is 0 Å². The number of aliphatic hydroxyl groups is 1. The Morgan fingerprint density at radius 1 is 1.79 bits per heavy atom. The van der Waals surface area contributed by atoms with Crippen LogP contribution in [0.15, 0.2) is 12.4 Å². The van der Waals surface area contributed by atoms with Gasteiger partial charge in [-0.15, -0.1) is 0 Å². The average Bonchev–Trinajstić information content (AvgIpc) is 2.91. The second-order valence-corrected chi connectivity index (χ2v) is 3.95. The quantitative estimate of drug-likeness (QED) is 0.750. The number of nitrogens with zero attached hydrogens (tertiary/aromatic N) is 2. The second kappa shape index (κ2) is 3.53. The molecule has 4 nitrogen and oxygen atoms in total. The zero-order chi connectivity index (χ0) is 10.1. The molecule has 0 bridgehead atoms. The molecule has 0 aliphatic heterocycles. The van der Waals surface area contributed by atoms with E-state index in [0.29, 0.717) is 6.42 Å². The van der Waals surface area contributed by atoms with Gasteiger partial charge < -0.3 is 5.11 Å². The molecule has 1 atom stereocenters. The predicted molar refractivity (Wildman–Crippen MR) is 50.6 cm³/mol. The Morgan fingerprint density at radius 3 is 3.00 bits per heavy atom. The number of aliphatic hydroxyl groups excluding tert-OH is 1. The highest BCUT2D eigenvalue weighted by Crippen LogP contribution is 2.33. The van der Waals surface area contributed by atoms with Gasteiger partial charge in [-0.05, 0) is 24.3 Å². The fourth-order valence-electron chi connectivity index (χ4n) is 1.54. The summed E-state index contributed by atoms with van der Waals surface area (Å²) in [5.41, 5.74) is 0.872. The molecule has 1 aromatic heterocycles. The molecular formula is C10H14N2O2. The number of ketones is 1. The highest BCUT2D eigenvalue weighted by molar-refractivity contribution is 5.85. The molecular weight excluding hydrogens is 180 g/mol. The number of aromatic nitrogens is 2. The maximum atomic E-state index is 11.5. The Hall–Kier alpha value is -1.16. The third-order valence-corrected chi connectivity index (χ3v) is 2.54. The van der Waals surface area contributed by atoms with Crippen LogP contribution < -0.4 is 0 Å². The molecule has 14 heavy (non-hydrogen) atoms. The van der Waals surface area contributed by atoms with E-state index in [1.165, 1.54) is 0 Å². The van der Waals surface area contributed by atoms with Gasteiger partial charge in [-0.1, -0.05) is 0 Å². The Kier molecular flexibility index (Phi) is 2.37. The van der Waals surface area contributed by atoms with E-state index in [4.69, 9.17) is 0 Å². The third-order valence-electron chi connectivity index (χ3n) is 2.54. The number of hydrogen-bond acceptors (Lipinski definition) is 3. The Bertz CT molecular complexity index is 342. The number of aryl methyl sites for hydroxylation is 1. The largest absolute Gasteiger partial charge is 0.385 e. The SMILES string of the molecule is Cn1cc(CC(=O)C(O)C2CC2)cn1. The highest BCUT2D eigenvalue weighted by atomic mass is 16.3. The Balaban J connectivity index is 1.93. The molecule has 1 aliphatic carbocycles. The van der Waals surface area contributed by atoms with Crippen molar-refractivity contribution in [3.05, 3.63) is 18.0 Å². The summed E-state index contributed by atoms with van der Waals surface area (Å²) in [6, 6.07) is 0. The van der Waals surface area contributed by atoms with Crippen LogP contribution in [0.4, 0.5) is 0 Å². The van der Waals surface area contributed by atoms with Crippen LogP contribution in [0, 0.1) is 5.92 Å². The molecule has 76 valence electrons. The van der Waals surface area contributed by atoms with Crippen molar-refractivity contribution < 1.29 is 9.90 Å². The topological polar surface area (TPSA) is 55.1 Å². The van der Waals surface area contributed by atoms with Crippen molar-refractivity contribution in [1.29, 1.82) is 0 Å². The van der Waals surface area contributed by atoms with E-state index in [1.54, 1.807) is 17.1 Å². The van der Waals surface area contributed by atoms with Gasteiger partial charge in [-0.25, -0.2) is 0 Å². The van der Waals surface area contributed by atoms with Gasteiger partial charge in [0.15, 0.2) is 5.78 Å². The molecule has 0 aromatic carbocycles. The first kappa shape index (κ1) is 9.40. The molecule has 0 amide bonds. The van der Waals surface area contributed by atoms with Gasteiger partial charge in [-0.3, -0.25) is 9.48 Å². The number of rotatable bonds is 4. The summed E-state index contributed by atoms with van der Waals surface area (Å²) in [7, 11) is 1.81. The predicted octanol–water partition coefficient (Wildman–Crippen LogP) is 0.303. The number of hydrogen-bond donors (Lipinski definition) is 1. The van der Waals surface area contributed by atoms with E-state index in [9.17, 15) is 9.90 Å². The molecule has 1 aromatic rings. The Labute approximate surface area is 82.5 Å². The second-order valence-electron chi connectivity index (χ2n) is 3.95. The maximum Gasteiger partial charge on any atom is 0.166 e. The van der Waals surface area contributed by atoms with Crippen LogP contribution in [-0.2, 0) is 18.3 Å². The van der Waals surface area contributed by atoms with Crippen LogP contribution in [0.3, 0.4) is 0 Å². The highest BCUT2D eigenvalue weighted by Gasteiger charge is 2.34. The summed E-state index contributed by atoms with van der Waals surface area (Å²) in [6.45, 7) is 0. The number of carbonyl (C=O) groups is 1. The fraction of sp³-hybridized carbons (Fsp3) is 0.600. The van der Waals surface area contributed by atoms with Crippen LogP contribution in [-0.4, -0.2) is 26.8 Å². The van der Waals surface area contributed by atoms with Gasteiger partial charge in [0.25, 0.3) is 0 Å². The molecule has 1 aliphatic rings. The summed E-state index contributed by atoms with van der Waals surface area (Å²) in [5.74, 6) is 0.139. The van der Waals surface area contributed by atoms with Gasteiger partial charge in [0.1, 0.15) is 6.10 Å². The van der Waals surface area contributed by atoms with Gasteiger partial charge in [0.05, 0.1) is 6.20 Å². The van der Waals surface area contributed by atoms with E-state index >= 15 is 0 Å². The lowest BCUT2D eigenvalue weighted by molar-refractivity contribution is -0.127. The lowest BCUT2D eigenvalue weighted by atomic mass is 10.1. The van der Waals surface area contributed by atoms with Gasteiger partial charge >= 0.3 is 0 Å². The summed E-state index contributed by atoms with van der Waals surface area (Å²) in [6.07, 6.45) is 4.98. The van der Waals surface area contributed by atoms with Gasteiger partial charge in [0.2, 0.25) is 0 Å². The van der Waals surface area contributed by atoms with E-state index in [0.717, 1.165) is 18.4 Å². The molecule has 1 heterocycles. The van der Waals surface area contributed by atoms with E-state index < -0.39 is 6.10 Å². The van der Waals surface area contributed by atoms with E-state index in [2.05, 4.69) is 5.10 Å². The van der Waals surface area contributed by atoms with Crippen molar-refractivity contribution >= 4 is 5.78 Å². The van der Waals surface area contributed by atoms with Crippen LogP contribution in [0.25, 0.3) is 0 Å². The maximum absolute atomic E-state index is 11.5. The fourth-order valence-corrected chi connectivity index (χ4v) is 1.54. The minimum Gasteiger partial charge on any atom is -0.385 e. The average molecular weight is 194 g/mol. The van der Waals surface area contributed by atoms with Crippen molar-refractivity contribution in [3.8, 4) is 0 Å². The first-order chi connectivity index (χ1) is 6.66. The molecule has 0 radical (unpaired) electrons. The monoisotopic (exact) mass is 194 g/mol. The third kappa shape index (κ3) is 2.01. The first-order valence-corrected chi connectivity index (χ1v) is 4.85. The van der Waals surface area contributed by atoms with Gasteiger partial charge in [0, 0.05) is 19.7 Å². The van der Waals surface area contributed by atoms with E-state index in [1.807, 2.05) is 7.05 Å². The number of carbonyl (C=O) groups excluding carboxylic acids is 1. The molecule has 1 N–H and O–H groups in total. The zero-order valence-corrected chi connectivity index (χ0v) is 8.18. The standard InChI is InChI=1S/C10H14N2O2/c1-12-6-7(5-11-12)4-9(13)10(14)8-2-3-8/h5-6,8,10,14H,2-4H2,1H3. The molecule has 1 fully saturated rings. The number of Topliss-reactive ketones (excluding diaryl/α,β-unsaturated/α-hetero) is 1. The lowest BCUT2D eigenvalue weighted by Gasteiger charge is -2.05. The van der Waals surface area contributed by atoms with Crippen molar-refractivity contribution in [2.45, 2.75) is 25.4 Å². The molecule has 1 unspecified atom stereocenters. The van der Waals surface area contributed by atoms with Crippen LogP contribution in [0.1, 0.15) is 18.4 Å². The Morgan fingerprint density at radius 2 is 2.50 bits per heavy atom. The summed E-state index contributed by atoms with van der Waals surface area (Å²) in [5, 5.41) is 13.5. The minimum atomic E-state index is -0.754. The minimum absolute atomic E-state index is 0.0829. The summed E-state index contributed by atoms with van der Waals surface area (Å²) < 4.78 is 1.66. The van der Waals surface area contributed by atoms with Crippen LogP contribution >= 0.6 is 0 Å². The normalized spacial score (nSPS) is 18.1.